The zero-order valence-corrected chi connectivity index (χ0v) is 9.21. The Hall–Kier alpha value is -0.650. The van der Waals surface area contributed by atoms with Crippen molar-refractivity contribution in [2.75, 3.05) is 13.7 Å². The van der Waals surface area contributed by atoms with Crippen LogP contribution in [0.1, 0.15) is 11.7 Å². The number of ether oxygens (including phenoxy) is 1. The first-order valence-electron chi connectivity index (χ1n) is 4.01. The predicted octanol–water partition coefficient (Wildman–Crippen LogP) is 1.59. The normalized spacial score (nSPS) is 12.6. The number of benzene rings is 1. The molecule has 5 heteroatoms. The Kier molecular flexibility index (Phi) is 3.86. The smallest absolute Gasteiger partial charge is 0.141 e. The van der Waals surface area contributed by atoms with E-state index in [-0.39, 0.29) is 17.9 Å². The molecule has 1 aromatic rings. The quantitative estimate of drug-likeness (QED) is 0.871. The van der Waals surface area contributed by atoms with E-state index >= 15 is 0 Å². The number of rotatable bonds is 3. The second kappa shape index (κ2) is 4.72. The largest absolute Gasteiger partial charge is 0.495 e. The fourth-order valence-electron chi connectivity index (χ4n) is 1.18. The van der Waals surface area contributed by atoms with Crippen molar-refractivity contribution >= 4 is 15.9 Å². The van der Waals surface area contributed by atoms with Gasteiger partial charge in [-0.3, -0.25) is 0 Å². The minimum Gasteiger partial charge on any atom is -0.495 e. The van der Waals surface area contributed by atoms with Crippen LogP contribution in [0.2, 0.25) is 0 Å². The van der Waals surface area contributed by atoms with Gasteiger partial charge >= 0.3 is 0 Å². The number of hydrogen-bond donors (Lipinski definition) is 2. The standard InChI is InChI=1S/C9H11BrFNO2/c1-14-9-5(10)2-3-6(11)8(9)7(13)4-12/h2-3,7,13H,4,12H2,1H3. The molecule has 14 heavy (non-hydrogen) atoms. The molecule has 0 fully saturated rings. The van der Waals surface area contributed by atoms with Gasteiger partial charge in [0.1, 0.15) is 11.6 Å². The van der Waals surface area contributed by atoms with Gasteiger partial charge in [0.25, 0.3) is 0 Å². The lowest BCUT2D eigenvalue weighted by atomic mass is 10.1. The first-order chi connectivity index (χ1) is 6.61. The summed E-state index contributed by atoms with van der Waals surface area (Å²) in [5.41, 5.74) is 5.35. The first kappa shape index (κ1) is 11.4. The summed E-state index contributed by atoms with van der Waals surface area (Å²) in [5, 5.41) is 9.48. The minimum atomic E-state index is -1.05. The van der Waals surface area contributed by atoms with Crippen molar-refractivity contribution < 1.29 is 14.2 Å². The van der Waals surface area contributed by atoms with E-state index < -0.39 is 11.9 Å². The molecule has 0 radical (unpaired) electrons. The molecular formula is C9H11BrFNO2. The highest BCUT2D eigenvalue weighted by Gasteiger charge is 2.19. The molecular weight excluding hydrogens is 253 g/mol. The zero-order valence-electron chi connectivity index (χ0n) is 7.63. The SMILES string of the molecule is COc1c(Br)ccc(F)c1C(O)CN. The molecule has 1 unspecified atom stereocenters. The highest BCUT2D eigenvalue weighted by Crippen LogP contribution is 2.34. The van der Waals surface area contributed by atoms with Crippen LogP contribution in [0.25, 0.3) is 0 Å². The topological polar surface area (TPSA) is 55.5 Å². The van der Waals surface area contributed by atoms with Crippen LogP contribution in [0.4, 0.5) is 4.39 Å². The molecule has 1 rings (SSSR count). The van der Waals surface area contributed by atoms with Crippen LogP contribution in [0.15, 0.2) is 16.6 Å². The Balaban J connectivity index is 3.29. The van der Waals surface area contributed by atoms with Gasteiger partial charge in [-0.1, -0.05) is 0 Å². The molecule has 0 aliphatic heterocycles. The van der Waals surface area contributed by atoms with Crippen LogP contribution >= 0.6 is 15.9 Å². The van der Waals surface area contributed by atoms with E-state index in [1.165, 1.54) is 19.2 Å². The van der Waals surface area contributed by atoms with Crippen LogP contribution in [0.3, 0.4) is 0 Å². The van der Waals surface area contributed by atoms with Gasteiger partial charge in [0.2, 0.25) is 0 Å². The zero-order chi connectivity index (χ0) is 10.7. The van der Waals surface area contributed by atoms with Gasteiger partial charge in [0.15, 0.2) is 0 Å². The molecule has 0 heterocycles. The van der Waals surface area contributed by atoms with E-state index in [2.05, 4.69) is 15.9 Å². The average molecular weight is 264 g/mol. The number of aliphatic hydroxyl groups is 1. The molecule has 0 spiro atoms. The monoisotopic (exact) mass is 263 g/mol. The Morgan fingerprint density at radius 2 is 2.29 bits per heavy atom. The van der Waals surface area contributed by atoms with Gasteiger partial charge in [-0.05, 0) is 28.1 Å². The van der Waals surface area contributed by atoms with Crippen LogP contribution in [0.5, 0.6) is 5.75 Å². The third-order valence-electron chi connectivity index (χ3n) is 1.86. The molecule has 0 saturated carbocycles. The summed E-state index contributed by atoms with van der Waals surface area (Å²) in [6.45, 7) is -0.0519. The highest BCUT2D eigenvalue weighted by molar-refractivity contribution is 9.10. The van der Waals surface area contributed by atoms with Crippen molar-refractivity contribution in [1.29, 1.82) is 0 Å². The van der Waals surface area contributed by atoms with Crippen LogP contribution in [-0.4, -0.2) is 18.8 Å². The Morgan fingerprint density at radius 3 is 2.79 bits per heavy atom. The average Bonchev–Trinajstić information content (AvgIpc) is 2.19. The Labute approximate surface area is 89.8 Å². The second-order valence-electron chi connectivity index (χ2n) is 2.73. The predicted molar refractivity (Wildman–Crippen MR) is 54.7 cm³/mol. The minimum absolute atomic E-state index is 0.0519. The van der Waals surface area contributed by atoms with Crippen LogP contribution < -0.4 is 10.5 Å². The summed E-state index contributed by atoms with van der Waals surface area (Å²) in [4.78, 5) is 0. The molecule has 78 valence electrons. The molecule has 0 aliphatic carbocycles. The maximum atomic E-state index is 13.3. The fraction of sp³-hybridized carbons (Fsp3) is 0.333. The van der Waals surface area contributed by atoms with Gasteiger partial charge < -0.3 is 15.6 Å². The summed E-state index contributed by atoms with van der Waals surface area (Å²) in [5.74, 6) is -0.244. The molecule has 1 aromatic carbocycles. The van der Waals surface area contributed by atoms with E-state index in [1.807, 2.05) is 0 Å². The lowest BCUT2D eigenvalue weighted by Gasteiger charge is -2.15. The van der Waals surface area contributed by atoms with Gasteiger partial charge in [-0.2, -0.15) is 0 Å². The van der Waals surface area contributed by atoms with Crippen molar-refractivity contribution in [2.45, 2.75) is 6.10 Å². The fourth-order valence-corrected chi connectivity index (χ4v) is 1.69. The van der Waals surface area contributed by atoms with Crippen molar-refractivity contribution in [3.63, 3.8) is 0 Å². The summed E-state index contributed by atoms with van der Waals surface area (Å²) in [6, 6.07) is 2.77. The third-order valence-corrected chi connectivity index (χ3v) is 2.48. The summed E-state index contributed by atoms with van der Waals surface area (Å²) in [7, 11) is 1.41. The number of halogens is 2. The summed E-state index contributed by atoms with van der Waals surface area (Å²) in [6.07, 6.45) is -1.05. The third kappa shape index (κ3) is 2.05. The van der Waals surface area contributed by atoms with Crippen molar-refractivity contribution in [3.8, 4) is 5.75 Å². The van der Waals surface area contributed by atoms with Gasteiger partial charge in [-0.15, -0.1) is 0 Å². The van der Waals surface area contributed by atoms with E-state index in [0.29, 0.717) is 4.47 Å². The van der Waals surface area contributed by atoms with Crippen molar-refractivity contribution in [1.82, 2.24) is 0 Å². The molecule has 0 amide bonds. The van der Waals surface area contributed by atoms with Gasteiger partial charge in [0.05, 0.1) is 23.2 Å². The Morgan fingerprint density at radius 1 is 1.64 bits per heavy atom. The maximum Gasteiger partial charge on any atom is 0.141 e. The van der Waals surface area contributed by atoms with Gasteiger partial charge in [-0.25, -0.2) is 4.39 Å². The molecule has 3 nitrogen and oxygen atoms in total. The number of methoxy groups -OCH3 is 1. The van der Waals surface area contributed by atoms with Crippen molar-refractivity contribution in [2.24, 2.45) is 5.73 Å². The van der Waals surface area contributed by atoms with E-state index in [1.54, 1.807) is 0 Å². The molecule has 0 saturated heterocycles. The Bertz CT molecular complexity index is 333. The summed E-state index contributed by atoms with van der Waals surface area (Å²) < 4.78 is 18.9. The number of hydrogen-bond acceptors (Lipinski definition) is 3. The number of aliphatic hydroxyl groups excluding tert-OH is 1. The molecule has 3 N–H and O–H groups in total. The first-order valence-corrected chi connectivity index (χ1v) is 4.81. The highest BCUT2D eigenvalue weighted by atomic mass is 79.9. The van der Waals surface area contributed by atoms with Crippen LogP contribution in [-0.2, 0) is 0 Å². The second-order valence-corrected chi connectivity index (χ2v) is 3.58. The molecule has 0 aromatic heterocycles. The number of nitrogens with two attached hydrogens (primary N) is 1. The lowest BCUT2D eigenvalue weighted by molar-refractivity contribution is 0.176. The van der Waals surface area contributed by atoms with E-state index in [9.17, 15) is 9.50 Å². The van der Waals surface area contributed by atoms with E-state index in [0.717, 1.165) is 0 Å². The van der Waals surface area contributed by atoms with Crippen molar-refractivity contribution in [3.05, 3.63) is 28.0 Å². The lowest BCUT2D eigenvalue weighted by Crippen LogP contribution is -2.14. The molecule has 0 aliphatic rings. The van der Waals surface area contributed by atoms with Crippen LogP contribution in [0, 0.1) is 5.82 Å². The maximum absolute atomic E-state index is 13.3. The summed E-state index contributed by atoms with van der Waals surface area (Å²) >= 11 is 3.20. The molecule has 1 atom stereocenters. The van der Waals surface area contributed by atoms with E-state index in [4.69, 9.17) is 10.5 Å². The molecule has 0 bridgehead atoms. The van der Waals surface area contributed by atoms with Gasteiger partial charge in [0, 0.05) is 6.54 Å².